The van der Waals surface area contributed by atoms with E-state index in [0.717, 1.165) is 23.9 Å². The van der Waals surface area contributed by atoms with Crippen LogP contribution in [0.3, 0.4) is 0 Å². The van der Waals surface area contributed by atoms with Crippen molar-refractivity contribution >= 4 is 37.6 Å². The second-order valence-electron chi connectivity index (χ2n) is 6.57. The molecule has 1 saturated heterocycles. The first-order valence-electron chi connectivity index (χ1n) is 8.61. The van der Waals surface area contributed by atoms with Crippen molar-refractivity contribution in [1.29, 1.82) is 0 Å². The fourth-order valence-electron chi connectivity index (χ4n) is 2.96. The summed E-state index contributed by atoms with van der Waals surface area (Å²) in [4.78, 5) is 14.6. The highest BCUT2D eigenvalue weighted by atomic mass is 79.9. The average molecular weight is 453 g/mol. The number of piperidine rings is 1. The smallest absolute Gasteiger partial charge is 0.338 e. The Hall–Kier alpha value is -1.90. The molecule has 1 aliphatic heterocycles. The van der Waals surface area contributed by atoms with Gasteiger partial charge < -0.3 is 9.64 Å². The van der Waals surface area contributed by atoms with Crippen LogP contribution < -0.4 is 4.72 Å². The molecule has 0 aliphatic carbocycles. The van der Waals surface area contributed by atoms with Crippen molar-refractivity contribution in [2.45, 2.75) is 23.8 Å². The lowest BCUT2D eigenvalue weighted by Crippen LogP contribution is -2.38. The number of esters is 1. The number of carbonyl (C=O) groups is 1. The molecule has 0 saturated carbocycles. The van der Waals surface area contributed by atoms with Crippen LogP contribution in [0.15, 0.2) is 57.9 Å². The van der Waals surface area contributed by atoms with Crippen LogP contribution in [0.4, 0.5) is 5.69 Å². The fourth-order valence-corrected chi connectivity index (χ4v) is 4.33. The molecule has 0 aromatic heterocycles. The SMILES string of the molecule is CN1CCC[C@@H](OC(=O)c2cccc(S(=O)(=O)Nc3ccc(Br)cc3)c2)C1. The van der Waals surface area contributed by atoms with Crippen molar-refractivity contribution in [3.05, 3.63) is 58.6 Å². The molecule has 0 amide bonds. The molecule has 2 aromatic rings. The number of rotatable bonds is 5. The molecule has 27 heavy (non-hydrogen) atoms. The normalized spacial score (nSPS) is 18.1. The molecule has 1 fully saturated rings. The summed E-state index contributed by atoms with van der Waals surface area (Å²) >= 11 is 3.31. The number of carbonyl (C=O) groups excluding carboxylic acids is 1. The van der Waals surface area contributed by atoms with Crippen LogP contribution in [0, 0.1) is 0 Å². The number of benzene rings is 2. The van der Waals surface area contributed by atoms with Crippen LogP contribution in [0.1, 0.15) is 23.2 Å². The topological polar surface area (TPSA) is 75.7 Å². The Morgan fingerprint density at radius 3 is 2.67 bits per heavy atom. The molecule has 1 aliphatic rings. The van der Waals surface area contributed by atoms with E-state index in [1.165, 1.54) is 12.1 Å². The van der Waals surface area contributed by atoms with Gasteiger partial charge in [-0.3, -0.25) is 4.72 Å². The Balaban J connectivity index is 1.73. The van der Waals surface area contributed by atoms with Gasteiger partial charge in [0.2, 0.25) is 0 Å². The first kappa shape index (κ1) is 19.9. The zero-order valence-electron chi connectivity index (χ0n) is 14.9. The third-order valence-corrected chi connectivity index (χ3v) is 6.24. The molecule has 1 N–H and O–H groups in total. The van der Waals surface area contributed by atoms with E-state index in [1.807, 2.05) is 7.05 Å². The molecule has 3 rings (SSSR count). The van der Waals surface area contributed by atoms with Gasteiger partial charge in [0.1, 0.15) is 6.10 Å². The van der Waals surface area contributed by atoms with E-state index < -0.39 is 16.0 Å². The van der Waals surface area contributed by atoms with Crippen molar-refractivity contribution in [3.8, 4) is 0 Å². The summed E-state index contributed by atoms with van der Waals surface area (Å²) in [5.41, 5.74) is 0.665. The van der Waals surface area contributed by atoms with Gasteiger partial charge in [-0.05, 0) is 68.9 Å². The number of hydrogen-bond acceptors (Lipinski definition) is 5. The number of likely N-dealkylation sites (tertiary alicyclic amines) is 1. The molecular weight excluding hydrogens is 432 g/mol. The first-order chi connectivity index (χ1) is 12.8. The van der Waals surface area contributed by atoms with E-state index >= 15 is 0 Å². The van der Waals surface area contributed by atoms with E-state index in [-0.39, 0.29) is 16.6 Å². The van der Waals surface area contributed by atoms with Gasteiger partial charge >= 0.3 is 5.97 Å². The first-order valence-corrected chi connectivity index (χ1v) is 10.9. The summed E-state index contributed by atoms with van der Waals surface area (Å²) < 4.78 is 34.1. The van der Waals surface area contributed by atoms with Crippen LogP contribution in [-0.2, 0) is 14.8 Å². The summed E-state index contributed by atoms with van der Waals surface area (Å²) in [5.74, 6) is -0.504. The molecule has 6 nitrogen and oxygen atoms in total. The highest BCUT2D eigenvalue weighted by Gasteiger charge is 2.23. The van der Waals surface area contributed by atoms with Gasteiger partial charge in [0.15, 0.2) is 0 Å². The monoisotopic (exact) mass is 452 g/mol. The molecular formula is C19H21BrN2O4S. The van der Waals surface area contributed by atoms with Crippen LogP contribution in [0.2, 0.25) is 0 Å². The van der Waals surface area contributed by atoms with Crippen LogP contribution in [-0.4, -0.2) is 45.5 Å². The van der Waals surface area contributed by atoms with Gasteiger partial charge in [-0.15, -0.1) is 0 Å². The Bertz CT molecular complexity index is 916. The van der Waals surface area contributed by atoms with Gasteiger partial charge in [0.05, 0.1) is 10.5 Å². The Labute approximate surface area is 167 Å². The minimum Gasteiger partial charge on any atom is -0.457 e. The van der Waals surface area contributed by atoms with E-state index in [9.17, 15) is 13.2 Å². The lowest BCUT2D eigenvalue weighted by Gasteiger charge is -2.29. The van der Waals surface area contributed by atoms with Gasteiger partial charge in [-0.25, -0.2) is 13.2 Å². The van der Waals surface area contributed by atoms with Gasteiger partial charge in [0.25, 0.3) is 10.0 Å². The lowest BCUT2D eigenvalue weighted by atomic mass is 10.1. The minimum absolute atomic E-state index is 0.0145. The molecule has 0 radical (unpaired) electrons. The van der Waals surface area contributed by atoms with E-state index in [0.29, 0.717) is 12.2 Å². The largest absolute Gasteiger partial charge is 0.457 e. The molecule has 0 spiro atoms. The third-order valence-electron chi connectivity index (χ3n) is 4.33. The molecule has 0 unspecified atom stereocenters. The number of nitrogens with one attached hydrogen (secondary N) is 1. The number of halogens is 1. The second-order valence-corrected chi connectivity index (χ2v) is 9.17. The number of nitrogens with zero attached hydrogens (tertiary/aromatic N) is 1. The molecule has 2 aromatic carbocycles. The fraction of sp³-hybridized carbons (Fsp3) is 0.316. The van der Waals surface area contributed by atoms with Crippen molar-refractivity contribution < 1.29 is 17.9 Å². The summed E-state index contributed by atoms with van der Waals surface area (Å²) in [5, 5.41) is 0. The zero-order chi connectivity index (χ0) is 19.4. The maximum Gasteiger partial charge on any atom is 0.338 e. The van der Waals surface area contributed by atoms with Crippen LogP contribution in [0.25, 0.3) is 0 Å². The maximum atomic E-state index is 12.6. The van der Waals surface area contributed by atoms with Crippen molar-refractivity contribution in [2.24, 2.45) is 0 Å². The Morgan fingerprint density at radius 1 is 1.22 bits per heavy atom. The molecule has 0 bridgehead atoms. The van der Waals surface area contributed by atoms with Crippen LogP contribution >= 0.6 is 15.9 Å². The van der Waals surface area contributed by atoms with Gasteiger partial charge in [-0.2, -0.15) is 0 Å². The predicted octanol–water partition coefficient (Wildman–Crippen LogP) is 3.50. The summed E-state index contributed by atoms with van der Waals surface area (Å²) in [7, 11) is -1.82. The van der Waals surface area contributed by atoms with Crippen molar-refractivity contribution in [1.82, 2.24) is 4.90 Å². The molecule has 1 heterocycles. The summed E-state index contributed by atoms with van der Waals surface area (Å²) in [6, 6.07) is 12.7. The maximum absolute atomic E-state index is 12.6. The van der Waals surface area contributed by atoms with E-state index in [1.54, 1.807) is 36.4 Å². The molecule has 144 valence electrons. The highest BCUT2D eigenvalue weighted by Crippen LogP contribution is 2.20. The highest BCUT2D eigenvalue weighted by molar-refractivity contribution is 9.10. The number of anilines is 1. The van der Waals surface area contributed by atoms with Crippen LogP contribution in [0.5, 0.6) is 0 Å². The molecule has 8 heteroatoms. The summed E-state index contributed by atoms with van der Waals surface area (Å²) in [6.07, 6.45) is 1.62. The predicted molar refractivity (Wildman–Crippen MR) is 107 cm³/mol. The number of sulfonamides is 1. The van der Waals surface area contributed by atoms with Gasteiger partial charge in [-0.1, -0.05) is 22.0 Å². The van der Waals surface area contributed by atoms with E-state index in [4.69, 9.17) is 4.74 Å². The number of ether oxygens (including phenoxy) is 1. The third kappa shape index (κ3) is 5.31. The van der Waals surface area contributed by atoms with Crippen molar-refractivity contribution in [2.75, 3.05) is 24.9 Å². The van der Waals surface area contributed by atoms with Gasteiger partial charge in [0, 0.05) is 16.7 Å². The Morgan fingerprint density at radius 2 is 1.96 bits per heavy atom. The second kappa shape index (κ2) is 8.41. The molecule has 1 atom stereocenters. The van der Waals surface area contributed by atoms with Crippen molar-refractivity contribution in [3.63, 3.8) is 0 Å². The standard InChI is InChI=1S/C19H21BrN2O4S/c1-22-11-3-5-17(13-22)26-19(23)14-4-2-6-18(12-14)27(24,25)21-16-9-7-15(20)8-10-16/h2,4,6-10,12,17,21H,3,5,11,13H2,1H3/t17-/m1/s1. The average Bonchev–Trinajstić information content (AvgIpc) is 2.63. The minimum atomic E-state index is -3.81. The number of hydrogen-bond donors (Lipinski definition) is 1. The summed E-state index contributed by atoms with van der Waals surface area (Å²) in [6.45, 7) is 1.68. The Kier molecular flexibility index (Phi) is 6.18. The zero-order valence-corrected chi connectivity index (χ0v) is 17.3. The van der Waals surface area contributed by atoms with E-state index in [2.05, 4.69) is 25.6 Å². The quantitative estimate of drug-likeness (QED) is 0.702. The lowest BCUT2D eigenvalue weighted by molar-refractivity contribution is 0.0108. The number of likely N-dealkylation sites (N-methyl/N-ethyl adjacent to an activating group) is 1.